The summed E-state index contributed by atoms with van der Waals surface area (Å²) in [4.78, 5) is 24.9. The van der Waals surface area contributed by atoms with Crippen LogP contribution in [0.25, 0.3) is 0 Å². The van der Waals surface area contributed by atoms with Crippen LogP contribution in [-0.4, -0.2) is 50.9 Å². The van der Waals surface area contributed by atoms with Crippen molar-refractivity contribution in [3.8, 4) is 5.75 Å². The molecule has 3 rings (SSSR count). The van der Waals surface area contributed by atoms with Crippen molar-refractivity contribution in [3.63, 3.8) is 0 Å². The number of aryl methyl sites for hydroxylation is 1. The van der Waals surface area contributed by atoms with E-state index in [0.29, 0.717) is 44.8 Å². The molecule has 2 aromatic carbocycles. The maximum absolute atomic E-state index is 13.3. The van der Waals surface area contributed by atoms with Crippen LogP contribution in [0.4, 0.5) is 0 Å². The number of carbonyl (C=O) groups is 2. The first-order chi connectivity index (χ1) is 15.4. The van der Waals surface area contributed by atoms with Crippen molar-refractivity contribution in [2.75, 3.05) is 33.5 Å². The number of esters is 1. The summed E-state index contributed by atoms with van der Waals surface area (Å²) in [6, 6.07) is 14.8. The lowest BCUT2D eigenvalue weighted by molar-refractivity contribution is -0.132. The van der Waals surface area contributed by atoms with Gasteiger partial charge in [0.1, 0.15) is 17.9 Å². The molecule has 172 valence electrons. The summed E-state index contributed by atoms with van der Waals surface area (Å²) >= 11 is 0. The molecule has 7 heteroatoms. The summed E-state index contributed by atoms with van der Waals surface area (Å²) in [5, 5.41) is 6.55. The maximum atomic E-state index is 13.3. The van der Waals surface area contributed by atoms with Gasteiger partial charge in [-0.25, -0.2) is 4.79 Å². The Hall–Kier alpha value is -2.90. The molecule has 2 aromatic rings. The van der Waals surface area contributed by atoms with Gasteiger partial charge in [0.15, 0.2) is 0 Å². The molecule has 1 atom stereocenters. The first-order valence-corrected chi connectivity index (χ1v) is 10.9. The minimum atomic E-state index is -0.700. The summed E-state index contributed by atoms with van der Waals surface area (Å²) in [7, 11) is 1.35. The van der Waals surface area contributed by atoms with Gasteiger partial charge >= 0.3 is 5.97 Å². The number of hydrogen-bond acceptors (Lipinski definition) is 6. The highest BCUT2D eigenvalue weighted by Crippen LogP contribution is 2.23. The van der Waals surface area contributed by atoms with Crippen molar-refractivity contribution in [1.82, 2.24) is 10.6 Å². The van der Waals surface area contributed by atoms with E-state index in [1.807, 2.05) is 50.2 Å². The highest BCUT2D eigenvalue weighted by molar-refractivity contribution is 5.89. The second kappa shape index (κ2) is 11.1. The molecule has 0 aliphatic carbocycles. The molecule has 0 spiro atoms. The summed E-state index contributed by atoms with van der Waals surface area (Å²) < 4.78 is 16.1. The largest absolute Gasteiger partial charge is 0.492 e. The molecule has 7 nitrogen and oxygen atoms in total. The molecule has 1 fully saturated rings. The van der Waals surface area contributed by atoms with Gasteiger partial charge in [0.25, 0.3) is 0 Å². The SMILES string of the molecule is COC(=O)c1ccc([C@H](C)NC(=O)C2(NCCOc3cccc(C)c3)CCOCC2)cc1. The molecule has 0 bridgehead atoms. The van der Waals surface area contributed by atoms with Crippen LogP contribution >= 0.6 is 0 Å². The van der Waals surface area contributed by atoms with E-state index in [-0.39, 0.29) is 17.9 Å². The third-order valence-corrected chi connectivity index (χ3v) is 5.78. The zero-order valence-electron chi connectivity index (χ0n) is 19.0. The maximum Gasteiger partial charge on any atom is 0.337 e. The van der Waals surface area contributed by atoms with E-state index in [1.165, 1.54) is 7.11 Å². The van der Waals surface area contributed by atoms with Crippen molar-refractivity contribution >= 4 is 11.9 Å². The summed E-state index contributed by atoms with van der Waals surface area (Å²) in [6.07, 6.45) is 1.19. The topological polar surface area (TPSA) is 85.9 Å². The molecule has 0 aromatic heterocycles. The molecular weight excluding hydrogens is 408 g/mol. The molecule has 1 heterocycles. The lowest BCUT2D eigenvalue weighted by Crippen LogP contribution is -2.60. The third-order valence-electron chi connectivity index (χ3n) is 5.78. The van der Waals surface area contributed by atoms with Crippen LogP contribution in [0.2, 0.25) is 0 Å². The third kappa shape index (κ3) is 6.08. The van der Waals surface area contributed by atoms with E-state index in [4.69, 9.17) is 14.2 Å². The van der Waals surface area contributed by atoms with Gasteiger partial charge in [-0.2, -0.15) is 0 Å². The van der Waals surface area contributed by atoms with Crippen molar-refractivity contribution < 1.29 is 23.8 Å². The van der Waals surface area contributed by atoms with Crippen LogP contribution < -0.4 is 15.4 Å². The van der Waals surface area contributed by atoms with E-state index < -0.39 is 5.54 Å². The quantitative estimate of drug-likeness (QED) is 0.460. The molecule has 1 aliphatic heterocycles. The average molecular weight is 441 g/mol. The van der Waals surface area contributed by atoms with Gasteiger partial charge in [-0.1, -0.05) is 24.3 Å². The fourth-order valence-corrected chi connectivity index (χ4v) is 3.81. The number of nitrogens with one attached hydrogen (secondary N) is 2. The van der Waals surface area contributed by atoms with Crippen LogP contribution in [-0.2, 0) is 14.3 Å². The van der Waals surface area contributed by atoms with Gasteiger partial charge < -0.3 is 19.5 Å². The van der Waals surface area contributed by atoms with Gasteiger partial charge in [-0.15, -0.1) is 0 Å². The monoisotopic (exact) mass is 440 g/mol. The molecule has 1 saturated heterocycles. The molecule has 0 saturated carbocycles. The van der Waals surface area contributed by atoms with Crippen LogP contribution in [0.3, 0.4) is 0 Å². The highest BCUT2D eigenvalue weighted by atomic mass is 16.5. The number of carbonyl (C=O) groups excluding carboxylic acids is 2. The zero-order valence-corrected chi connectivity index (χ0v) is 19.0. The fourth-order valence-electron chi connectivity index (χ4n) is 3.81. The number of methoxy groups -OCH3 is 1. The van der Waals surface area contributed by atoms with Gasteiger partial charge in [0, 0.05) is 19.8 Å². The lowest BCUT2D eigenvalue weighted by atomic mass is 9.88. The number of rotatable bonds is 9. The number of benzene rings is 2. The van der Waals surface area contributed by atoms with E-state index in [2.05, 4.69) is 10.6 Å². The highest BCUT2D eigenvalue weighted by Gasteiger charge is 2.40. The Kier molecular flexibility index (Phi) is 8.25. The van der Waals surface area contributed by atoms with Crippen molar-refractivity contribution in [2.45, 2.75) is 38.3 Å². The van der Waals surface area contributed by atoms with E-state index in [9.17, 15) is 9.59 Å². The normalized spacial score (nSPS) is 16.1. The number of hydrogen-bond donors (Lipinski definition) is 2. The zero-order chi connectivity index (χ0) is 23.0. The van der Waals surface area contributed by atoms with E-state index >= 15 is 0 Å². The van der Waals surface area contributed by atoms with Crippen molar-refractivity contribution in [3.05, 3.63) is 65.2 Å². The van der Waals surface area contributed by atoms with Crippen LogP contribution in [0.15, 0.2) is 48.5 Å². The van der Waals surface area contributed by atoms with Crippen molar-refractivity contribution in [1.29, 1.82) is 0 Å². The van der Waals surface area contributed by atoms with E-state index in [0.717, 1.165) is 16.9 Å². The van der Waals surface area contributed by atoms with Crippen LogP contribution in [0.5, 0.6) is 5.75 Å². The second-order valence-electron chi connectivity index (χ2n) is 8.09. The van der Waals surface area contributed by atoms with Crippen LogP contribution in [0.1, 0.15) is 47.3 Å². The van der Waals surface area contributed by atoms with Gasteiger partial charge in [-0.3, -0.25) is 10.1 Å². The van der Waals surface area contributed by atoms with Gasteiger partial charge in [0.05, 0.1) is 18.7 Å². The first kappa shape index (κ1) is 23.8. The minimum absolute atomic E-state index is 0.0547. The first-order valence-electron chi connectivity index (χ1n) is 10.9. The average Bonchev–Trinajstić information content (AvgIpc) is 2.82. The molecule has 2 N–H and O–H groups in total. The molecular formula is C25H32N2O5. The Balaban J connectivity index is 1.59. The fraction of sp³-hybridized carbons (Fsp3) is 0.440. The van der Waals surface area contributed by atoms with Crippen LogP contribution in [0, 0.1) is 6.92 Å². The second-order valence-corrected chi connectivity index (χ2v) is 8.09. The van der Waals surface area contributed by atoms with Crippen molar-refractivity contribution in [2.24, 2.45) is 0 Å². The minimum Gasteiger partial charge on any atom is -0.492 e. The van der Waals surface area contributed by atoms with Gasteiger partial charge in [0.2, 0.25) is 5.91 Å². The lowest BCUT2D eigenvalue weighted by Gasteiger charge is -2.37. The predicted octanol–water partition coefficient (Wildman–Crippen LogP) is 3.18. The number of ether oxygens (including phenoxy) is 3. The molecule has 32 heavy (non-hydrogen) atoms. The molecule has 1 aliphatic rings. The van der Waals surface area contributed by atoms with Gasteiger partial charge in [-0.05, 0) is 62.1 Å². The Morgan fingerprint density at radius 3 is 2.50 bits per heavy atom. The summed E-state index contributed by atoms with van der Waals surface area (Å²) in [5.74, 6) is 0.383. The number of amides is 1. The molecule has 0 unspecified atom stereocenters. The smallest absolute Gasteiger partial charge is 0.337 e. The summed E-state index contributed by atoms with van der Waals surface area (Å²) in [5.41, 5.74) is 1.83. The Morgan fingerprint density at radius 2 is 1.84 bits per heavy atom. The van der Waals surface area contributed by atoms with E-state index in [1.54, 1.807) is 12.1 Å². The Bertz CT molecular complexity index is 907. The molecule has 1 amide bonds. The standard InChI is InChI=1S/C25H32N2O5/c1-18-5-4-6-22(17-18)32-16-13-26-25(11-14-31-15-12-25)24(29)27-19(2)20-7-9-21(10-8-20)23(28)30-3/h4-10,17,19,26H,11-16H2,1-3H3,(H,27,29)/t19-/m0/s1. The Labute approximate surface area is 189 Å². The Morgan fingerprint density at radius 1 is 1.12 bits per heavy atom. The molecule has 0 radical (unpaired) electrons. The predicted molar refractivity (Wildman–Crippen MR) is 122 cm³/mol. The summed E-state index contributed by atoms with van der Waals surface area (Å²) in [6.45, 7) is 6.02.